The zero-order valence-electron chi connectivity index (χ0n) is 11.4. The van der Waals surface area contributed by atoms with Gasteiger partial charge in [0.2, 0.25) is 0 Å². The van der Waals surface area contributed by atoms with Gasteiger partial charge in [-0.3, -0.25) is 0 Å². The van der Waals surface area contributed by atoms with Crippen LogP contribution in [0.1, 0.15) is 37.1 Å². The first kappa shape index (κ1) is 13.3. The number of hydrogen-bond acceptors (Lipinski definition) is 4. The molecule has 1 aliphatic rings. The average Bonchev–Trinajstić information content (AvgIpc) is 2.35. The Balaban J connectivity index is 1.93. The summed E-state index contributed by atoms with van der Waals surface area (Å²) < 4.78 is 5.76. The average molecular weight is 249 g/mol. The van der Waals surface area contributed by atoms with Crippen LogP contribution in [-0.2, 0) is 0 Å². The molecule has 4 heteroatoms. The van der Waals surface area contributed by atoms with E-state index in [1.165, 1.54) is 25.7 Å². The summed E-state index contributed by atoms with van der Waals surface area (Å²) >= 11 is 0. The van der Waals surface area contributed by atoms with E-state index < -0.39 is 0 Å². The summed E-state index contributed by atoms with van der Waals surface area (Å²) in [5, 5.41) is 0. The van der Waals surface area contributed by atoms with Crippen LogP contribution in [-0.4, -0.2) is 23.1 Å². The SMILES string of the molecule is Cc1cc(C)nc(OCC2CCCCC2CN)n1. The molecule has 2 rings (SSSR count). The number of aromatic nitrogens is 2. The van der Waals surface area contributed by atoms with Gasteiger partial charge in [-0.25, -0.2) is 9.97 Å². The molecule has 1 heterocycles. The van der Waals surface area contributed by atoms with Gasteiger partial charge in [-0.2, -0.15) is 0 Å². The Morgan fingerprint density at radius 2 is 1.78 bits per heavy atom. The van der Waals surface area contributed by atoms with E-state index in [1.54, 1.807) is 0 Å². The molecule has 0 spiro atoms. The Hall–Kier alpha value is -1.16. The highest BCUT2D eigenvalue weighted by molar-refractivity contribution is 5.11. The van der Waals surface area contributed by atoms with Gasteiger partial charge in [0.15, 0.2) is 0 Å². The van der Waals surface area contributed by atoms with Crippen LogP contribution < -0.4 is 10.5 Å². The van der Waals surface area contributed by atoms with Crippen molar-refractivity contribution in [1.82, 2.24) is 9.97 Å². The summed E-state index contributed by atoms with van der Waals surface area (Å²) in [5.74, 6) is 1.16. The fourth-order valence-electron chi connectivity index (χ4n) is 2.75. The van der Waals surface area contributed by atoms with Crippen LogP contribution in [0.4, 0.5) is 0 Å². The fraction of sp³-hybridized carbons (Fsp3) is 0.714. The molecular formula is C14H23N3O. The van der Waals surface area contributed by atoms with E-state index >= 15 is 0 Å². The quantitative estimate of drug-likeness (QED) is 0.889. The van der Waals surface area contributed by atoms with E-state index in [2.05, 4.69) is 9.97 Å². The van der Waals surface area contributed by atoms with Crippen LogP contribution in [0.2, 0.25) is 0 Å². The van der Waals surface area contributed by atoms with Gasteiger partial charge in [0.05, 0.1) is 6.61 Å². The van der Waals surface area contributed by atoms with Crippen LogP contribution in [0, 0.1) is 25.7 Å². The summed E-state index contributed by atoms with van der Waals surface area (Å²) in [5.41, 5.74) is 7.73. The number of ether oxygens (including phenoxy) is 1. The second-order valence-electron chi connectivity index (χ2n) is 5.28. The van der Waals surface area contributed by atoms with Crippen LogP contribution in [0.5, 0.6) is 6.01 Å². The normalized spacial score (nSPS) is 23.9. The Labute approximate surface area is 109 Å². The minimum Gasteiger partial charge on any atom is -0.463 e. The van der Waals surface area contributed by atoms with E-state index in [1.807, 2.05) is 19.9 Å². The molecule has 4 nitrogen and oxygen atoms in total. The molecule has 0 aliphatic heterocycles. The van der Waals surface area contributed by atoms with Gasteiger partial charge < -0.3 is 10.5 Å². The lowest BCUT2D eigenvalue weighted by Crippen LogP contribution is -2.31. The topological polar surface area (TPSA) is 61.0 Å². The van der Waals surface area contributed by atoms with Gasteiger partial charge in [0.25, 0.3) is 0 Å². The molecule has 0 saturated heterocycles. The molecule has 18 heavy (non-hydrogen) atoms. The summed E-state index contributed by atoms with van der Waals surface area (Å²) in [6.07, 6.45) is 5.04. The minimum atomic E-state index is 0.508. The van der Waals surface area contributed by atoms with Crippen molar-refractivity contribution in [2.75, 3.05) is 13.2 Å². The van der Waals surface area contributed by atoms with Crippen molar-refractivity contribution in [3.05, 3.63) is 17.5 Å². The first-order chi connectivity index (χ1) is 8.69. The zero-order chi connectivity index (χ0) is 13.0. The third kappa shape index (κ3) is 3.42. The molecular weight excluding hydrogens is 226 g/mol. The largest absolute Gasteiger partial charge is 0.463 e. The highest BCUT2D eigenvalue weighted by atomic mass is 16.5. The molecule has 100 valence electrons. The second kappa shape index (κ2) is 6.14. The van der Waals surface area contributed by atoms with Crippen molar-refractivity contribution in [1.29, 1.82) is 0 Å². The Morgan fingerprint density at radius 1 is 1.17 bits per heavy atom. The van der Waals surface area contributed by atoms with Crippen LogP contribution in [0.25, 0.3) is 0 Å². The lowest BCUT2D eigenvalue weighted by molar-refractivity contribution is 0.145. The minimum absolute atomic E-state index is 0.508. The highest BCUT2D eigenvalue weighted by Gasteiger charge is 2.24. The van der Waals surface area contributed by atoms with E-state index in [-0.39, 0.29) is 0 Å². The lowest BCUT2D eigenvalue weighted by Gasteiger charge is -2.30. The highest BCUT2D eigenvalue weighted by Crippen LogP contribution is 2.29. The number of nitrogens with zero attached hydrogens (tertiary/aromatic N) is 2. The number of rotatable bonds is 4. The standard InChI is InChI=1S/C14H23N3O/c1-10-7-11(2)17-14(16-10)18-9-13-6-4-3-5-12(13)8-15/h7,12-13H,3-6,8-9,15H2,1-2H3. The monoisotopic (exact) mass is 249 g/mol. The van der Waals surface area contributed by atoms with Crippen molar-refractivity contribution in [3.63, 3.8) is 0 Å². The molecule has 0 amide bonds. The molecule has 2 unspecified atom stereocenters. The number of nitrogens with two attached hydrogens (primary N) is 1. The molecule has 0 bridgehead atoms. The molecule has 1 aromatic rings. The first-order valence-electron chi connectivity index (χ1n) is 6.84. The Kier molecular flexibility index (Phi) is 4.53. The lowest BCUT2D eigenvalue weighted by atomic mass is 9.80. The summed E-state index contributed by atoms with van der Waals surface area (Å²) in [7, 11) is 0. The molecule has 1 aromatic heterocycles. The summed E-state index contributed by atoms with van der Waals surface area (Å²) in [6, 6.07) is 2.46. The molecule has 1 aliphatic carbocycles. The van der Waals surface area contributed by atoms with E-state index in [0.29, 0.717) is 24.5 Å². The van der Waals surface area contributed by atoms with Gasteiger partial charge in [-0.1, -0.05) is 12.8 Å². The van der Waals surface area contributed by atoms with Gasteiger partial charge in [-0.15, -0.1) is 0 Å². The van der Waals surface area contributed by atoms with E-state index in [9.17, 15) is 0 Å². The number of aryl methyl sites for hydroxylation is 2. The predicted molar refractivity (Wildman–Crippen MR) is 71.5 cm³/mol. The summed E-state index contributed by atoms with van der Waals surface area (Å²) in [6.45, 7) is 5.39. The van der Waals surface area contributed by atoms with Crippen LogP contribution >= 0.6 is 0 Å². The molecule has 0 radical (unpaired) electrons. The maximum absolute atomic E-state index is 5.82. The van der Waals surface area contributed by atoms with Crippen LogP contribution in [0.3, 0.4) is 0 Å². The van der Waals surface area contributed by atoms with Crippen molar-refractivity contribution >= 4 is 0 Å². The first-order valence-corrected chi connectivity index (χ1v) is 6.84. The third-order valence-electron chi connectivity index (χ3n) is 3.76. The van der Waals surface area contributed by atoms with Crippen LogP contribution in [0.15, 0.2) is 6.07 Å². The van der Waals surface area contributed by atoms with Crippen molar-refractivity contribution in [2.45, 2.75) is 39.5 Å². The maximum atomic E-state index is 5.82. The van der Waals surface area contributed by atoms with Gasteiger partial charge >= 0.3 is 6.01 Å². The summed E-state index contributed by atoms with van der Waals surface area (Å²) in [4.78, 5) is 8.61. The second-order valence-corrected chi connectivity index (χ2v) is 5.28. The van der Waals surface area contributed by atoms with Gasteiger partial charge in [-0.05, 0) is 51.1 Å². The zero-order valence-corrected chi connectivity index (χ0v) is 11.4. The third-order valence-corrected chi connectivity index (χ3v) is 3.76. The maximum Gasteiger partial charge on any atom is 0.316 e. The molecule has 1 fully saturated rings. The molecule has 2 N–H and O–H groups in total. The van der Waals surface area contributed by atoms with Crippen molar-refractivity contribution < 1.29 is 4.74 Å². The van der Waals surface area contributed by atoms with Gasteiger partial charge in [0, 0.05) is 11.4 Å². The van der Waals surface area contributed by atoms with E-state index in [4.69, 9.17) is 10.5 Å². The van der Waals surface area contributed by atoms with Crippen molar-refractivity contribution in [3.8, 4) is 6.01 Å². The smallest absolute Gasteiger partial charge is 0.316 e. The Morgan fingerprint density at radius 3 is 2.39 bits per heavy atom. The Bertz CT molecular complexity index is 374. The number of hydrogen-bond donors (Lipinski definition) is 1. The molecule has 1 saturated carbocycles. The van der Waals surface area contributed by atoms with E-state index in [0.717, 1.165) is 17.9 Å². The molecule has 2 atom stereocenters. The molecule has 0 aromatic carbocycles. The fourth-order valence-corrected chi connectivity index (χ4v) is 2.75. The van der Waals surface area contributed by atoms with Crippen molar-refractivity contribution in [2.24, 2.45) is 17.6 Å². The van der Waals surface area contributed by atoms with Gasteiger partial charge in [0.1, 0.15) is 0 Å². The predicted octanol–water partition coefficient (Wildman–Crippen LogP) is 2.24.